The number of benzene rings is 1. The number of carbonyl (C=O) groups excluding carboxylic acids is 5. The fourth-order valence-corrected chi connectivity index (χ4v) is 5.58. The van der Waals surface area contributed by atoms with E-state index >= 15 is 0 Å². The van der Waals surface area contributed by atoms with Crippen molar-refractivity contribution in [2.24, 2.45) is 0 Å². The Balaban J connectivity index is 1.71. The van der Waals surface area contributed by atoms with Crippen LogP contribution < -0.4 is 9.47 Å². The molecule has 3 aliphatic rings. The summed E-state index contributed by atoms with van der Waals surface area (Å²) in [6, 6.07) is 5.13. The Morgan fingerprint density at radius 2 is 1.57 bits per heavy atom. The van der Waals surface area contributed by atoms with Gasteiger partial charge in [-0.2, -0.15) is 0 Å². The largest absolute Gasteiger partial charge is 0.463 e. The molecule has 15 heteroatoms. The smallest absolute Gasteiger partial charge is 0.303 e. The maximum absolute atomic E-state index is 13.6. The Morgan fingerprint density at radius 1 is 0.950 bits per heavy atom. The number of rotatable bonds is 7. The highest BCUT2D eigenvalue weighted by Crippen LogP contribution is 2.40. The van der Waals surface area contributed by atoms with Crippen LogP contribution in [-0.4, -0.2) is 83.0 Å². The molecule has 0 aliphatic carbocycles. The van der Waals surface area contributed by atoms with Crippen molar-refractivity contribution < 1.29 is 57.1 Å². The Morgan fingerprint density at radius 3 is 2.23 bits per heavy atom. The normalized spacial score (nSPS) is 26.4. The van der Waals surface area contributed by atoms with Gasteiger partial charge >= 0.3 is 23.9 Å². The van der Waals surface area contributed by atoms with Gasteiger partial charge in [0.15, 0.2) is 40.4 Å². The van der Waals surface area contributed by atoms with Crippen LogP contribution in [0.1, 0.15) is 33.3 Å². The standard InChI is InChI=1S/C25H25NO12S2/c1-11(27)32-9-18-20(35-12(2)28)21(36-13(3)29)22(37-14(4)30)24(38-18)26-23(31)19(40-25(26)39)8-15-5-6-16-17(7-15)34-10-33-16/h5-8,18,20-22,24H,9-10H2,1-4H3/t18-,20-,21+,22-,24-/m1/s1. The SMILES string of the molecule is CC(=O)OC[C@H]1O[C@@H](N2C(=O)C(=Cc3ccc4c(c3)OCO4)SC2=S)[C@H](OC(C)=O)[C@@H](OC(C)=O)[C@@H]1OC(C)=O. The molecule has 2 saturated heterocycles. The van der Waals surface area contributed by atoms with Crippen molar-refractivity contribution in [3.63, 3.8) is 0 Å². The first-order valence-corrected chi connectivity index (χ1v) is 13.1. The molecule has 0 radical (unpaired) electrons. The summed E-state index contributed by atoms with van der Waals surface area (Å²) in [6.45, 7) is 4.14. The van der Waals surface area contributed by atoms with E-state index in [9.17, 15) is 24.0 Å². The zero-order valence-electron chi connectivity index (χ0n) is 21.8. The Bertz CT molecular complexity index is 1280. The molecule has 0 aromatic heterocycles. The maximum atomic E-state index is 13.6. The molecule has 13 nitrogen and oxygen atoms in total. The van der Waals surface area contributed by atoms with Crippen LogP contribution in [0.2, 0.25) is 0 Å². The molecule has 1 amide bonds. The minimum atomic E-state index is -1.47. The van der Waals surface area contributed by atoms with Crippen molar-refractivity contribution >= 4 is 64.2 Å². The Kier molecular flexibility index (Phi) is 8.95. The number of amides is 1. The van der Waals surface area contributed by atoms with Gasteiger partial charge in [0, 0.05) is 27.7 Å². The number of esters is 4. The molecule has 1 aromatic carbocycles. The van der Waals surface area contributed by atoms with Gasteiger partial charge in [0.05, 0.1) is 4.91 Å². The van der Waals surface area contributed by atoms with E-state index in [2.05, 4.69) is 0 Å². The quantitative estimate of drug-likeness (QED) is 0.194. The van der Waals surface area contributed by atoms with Crippen molar-refractivity contribution in [2.45, 2.75) is 58.3 Å². The zero-order valence-corrected chi connectivity index (χ0v) is 23.4. The van der Waals surface area contributed by atoms with Crippen LogP contribution in [0, 0.1) is 0 Å². The summed E-state index contributed by atoms with van der Waals surface area (Å²) < 4.78 is 38.2. The molecule has 0 N–H and O–H groups in total. The minimum absolute atomic E-state index is 0.0536. The van der Waals surface area contributed by atoms with Gasteiger partial charge < -0.3 is 33.2 Å². The van der Waals surface area contributed by atoms with Crippen LogP contribution in [0.5, 0.6) is 11.5 Å². The molecular weight excluding hydrogens is 570 g/mol. The molecule has 4 rings (SSSR count). The molecule has 2 fully saturated rings. The fraction of sp³-hybridized carbons (Fsp3) is 0.440. The van der Waals surface area contributed by atoms with Crippen molar-refractivity contribution in [3.05, 3.63) is 28.7 Å². The van der Waals surface area contributed by atoms with Crippen molar-refractivity contribution in [1.29, 1.82) is 0 Å². The average molecular weight is 596 g/mol. The van der Waals surface area contributed by atoms with Gasteiger partial charge in [0.2, 0.25) is 6.79 Å². The zero-order chi connectivity index (χ0) is 29.1. The summed E-state index contributed by atoms with van der Waals surface area (Å²) >= 11 is 6.46. The fourth-order valence-electron chi connectivity index (χ4n) is 4.27. The molecule has 40 heavy (non-hydrogen) atoms. The summed E-state index contributed by atoms with van der Waals surface area (Å²) in [7, 11) is 0. The van der Waals surface area contributed by atoms with Crippen LogP contribution in [0.3, 0.4) is 0 Å². The van der Waals surface area contributed by atoms with E-state index in [0.717, 1.165) is 44.4 Å². The molecule has 214 valence electrons. The lowest BCUT2D eigenvalue weighted by molar-refractivity contribution is -0.268. The predicted octanol–water partition coefficient (Wildman–Crippen LogP) is 1.70. The molecule has 1 aromatic rings. The van der Waals surface area contributed by atoms with E-state index in [1.54, 1.807) is 24.3 Å². The van der Waals surface area contributed by atoms with Gasteiger partial charge in [0.1, 0.15) is 12.7 Å². The molecule has 3 heterocycles. The second-order valence-electron chi connectivity index (χ2n) is 8.75. The number of hydrogen-bond acceptors (Lipinski definition) is 14. The lowest BCUT2D eigenvalue weighted by Crippen LogP contribution is -2.66. The average Bonchev–Trinajstić information content (AvgIpc) is 3.43. The molecule has 0 bridgehead atoms. The summed E-state index contributed by atoms with van der Waals surface area (Å²) in [5, 5.41) is 0. The highest BCUT2D eigenvalue weighted by atomic mass is 32.2. The van der Waals surface area contributed by atoms with Gasteiger partial charge in [-0.05, 0) is 23.8 Å². The first-order valence-electron chi connectivity index (χ1n) is 11.9. The molecule has 0 spiro atoms. The monoisotopic (exact) mass is 595 g/mol. The molecule has 0 saturated carbocycles. The number of thioether (sulfide) groups is 1. The minimum Gasteiger partial charge on any atom is -0.463 e. The number of nitrogens with zero attached hydrogens (tertiary/aromatic N) is 1. The van der Waals surface area contributed by atoms with E-state index in [0.29, 0.717) is 17.1 Å². The summed E-state index contributed by atoms with van der Waals surface area (Å²) in [5.41, 5.74) is 0.631. The second-order valence-corrected chi connectivity index (χ2v) is 10.4. The lowest BCUT2D eigenvalue weighted by atomic mass is 9.96. The van der Waals surface area contributed by atoms with Crippen LogP contribution >= 0.6 is 24.0 Å². The van der Waals surface area contributed by atoms with Crippen molar-refractivity contribution in [3.8, 4) is 11.5 Å². The third kappa shape index (κ3) is 6.54. The summed E-state index contributed by atoms with van der Waals surface area (Å²) in [5.74, 6) is -2.52. The van der Waals surface area contributed by atoms with Gasteiger partial charge in [0.25, 0.3) is 5.91 Å². The highest BCUT2D eigenvalue weighted by Gasteiger charge is 2.56. The van der Waals surface area contributed by atoms with E-state index in [1.807, 2.05) is 0 Å². The third-order valence-corrected chi connectivity index (χ3v) is 7.07. The van der Waals surface area contributed by atoms with Gasteiger partial charge in [-0.25, -0.2) is 0 Å². The van der Waals surface area contributed by atoms with Gasteiger partial charge in [-0.1, -0.05) is 30.0 Å². The molecular formula is C25H25NO12S2. The molecule has 5 atom stereocenters. The summed E-state index contributed by atoms with van der Waals surface area (Å²) in [6.07, 6.45) is -5.33. The van der Waals surface area contributed by atoms with Crippen LogP contribution in [0.4, 0.5) is 0 Å². The van der Waals surface area contributed by atoms with E-state index < -0.39 is 67.0 Å². The van der Waals surface area contributed by atoms with E-state index in [-0.39, 0.29) is 16.0 Å². The maximum Gasteiger partial charge on any atom is 0.303 e. The van der Waals surface area contributed by atoms with E-state index in [4.69, 9.17) is 45.4 Å². The second kappa shape index (κ2) is 12.2. The predicted molar refractivity (Wildman–Crippen MR) is 140 cm³/mol. The Hall–Kier alpha value is -3.69. The van der Waals surface area contributed by atoms with Crippen molar-refractivity contribution in [1.82, 2.24) is 4.90 Å². The number of carbonyl (C=O) groups is 5. The first-order chi connectivity index (χ1) is 18.9. The van der Waals surface area contributed by atoms with Crippen LogP contribution in [-0.2, 0) is 47.7 Å². The number of thiocarbonyl (C=S) groups is 1. The topological polar surface area (TPSA) is 153 Å². The van der Waals surface area contributed by atoms with E-state index in [1.165, 1.54) is 0 Å². The highest BCUT2D eigenvalue weighted by molar-refractivity contribution is 8.26. The van der Waals surface area contributed by atoms with Crippen molar-refractivity contribution in [2.75, 3.05) is 13.4 Å². The van der Waals surface area contributed by atoms with Crippen LogP contribution in [0.25, 0.3) is 6.08 Å². The molecule has 3 aliphatic heterocycles. The van der Waals surface area contributed by atoms with Gasteiger partial charge in [-0.15, -0.1) is 0 Å². The number of fused-ring (bicyclic) bond motifs is 1. The van der Waals surface area contributed by atoms with Gasteiger partial charge in [-0.3, -0.25) is 28.9 Å². The Labute approximate surface area is 238 Å². The molecule has 0 unspecified atom stereocenters. The first kappa shape index (κ1) is 29.3. The lowest BCUT2D eigenvalue weighted by Gasteiger charge is -2.46. The number of ether oxygens (including phenoxy) is 7. The summed E-state index contributed by atoms with van der Waals surface area (Å²) in [4.78, 5) is 62.6. The van der Waals surface area contributed by atoms with Crippen LogP contribution in [0.15, 0.2) is 23.1 Å². The number of hydrogen-bond donors (Lipinski definition) is 0. The third-order valence-electron chi connectivity index (χ3n) is 5.74.